The van der Waals surface area contributed by atoms with Crippen molar-refractivity contribution in [1.82, 2.24) is 5.16 Å². The van der Waals surface area contributed by atoms with Crippen molar-refractivity contribution in [3.63, 3.8) is 0 Å². The molecule has 0 saturated carbocycles. The van der Waals surface area contributed by atoms with E-state index in [1.807, 2.05) is 6.92 Å². The van der Waals surface area contributed by atoms with Crippen LogP contribution < -0.4 is 9.81 Å². The zero-order valence-electron chi connectivity index (χ0n) is 14.0. The molecule has 2 aromatic heterocycles. The van der Waals surface area contributed by atoms with Crippen molar-refractivity contribution >= 4 is 21.1 Å². The van der Waals surface area contributed by atoms with E-state index in [0.29, 0.717) is 0 Å². The van der Waals surface area contributed by atoms with Gasteiger partial charge in [-0.05, 0) is 38.0 Å². The molecule has 3 aromatic rings. The number of hydrogen-bond acceptors (Lipinski definition) is 7. The Morgan fingerprint density at radius 3 is 2.60 bits per heavy atom. The molecule has 0 aliphatic carbocycles. The zero-order chi connectivity index (χ0) is 18.2. The molecule has 0 bridgehead atoms. The standard InChI is InChI=1S/C17H17NO6S/c1-4-5-12-8-16(19)22-15-9-13(6-7-14(12)15)24-25(20,21)17-10(2)18-23-11(17)3/h6-9H,4-5H2,1-3H3. The SMILES string of the molecule is CCCc1cc(=O)oc2cc(OS(=O)(=O)c3c(C)noc3C)ccc12. The van der Waals surface area contributed by atoms with Crippen LogP contribution in [0.5, 0.6) is 5.75 Å². The third-order valence-electron chi connectivity index (χ3n) is 3.74. The van der Waals surface area contributed by atoms with Gasteiger partial charge in [-0.15, -0.1) is 0 Å². The Morgan fingerprint density at radius 1 is 1.20 bits per heavy atom. The first-order valence-corrected chi connectivity index (χ1v) is 9.17. The molecule has 2 heterocycles. The van der Waals surface area contributed by atoms with Gasteiger partial charge in [0.05, 0.1) is 0 Å². The first-order valence-electron chi connectivity index (χ1n) is 7.76. The van der Waals surface area contributed by atoms with Crippen LogP contribution in [0.1, 0.15) is 30.4 Å². The Labute approximate surface area is 144 Å². The Kier molecular flexibility index (Phi) is 4.38. The molecule has 0 spiro atoms. The molecule has 0 amide bonds. The predicted octanol–water partition coefficient (Wildman–Crippen LogP) is 3.12. The summed E-state index contributed by atoms with van der Waals surface area (Å²) in [6, 6.07) is 6.05. The molecule has 0 radical (unpaired) electrons. The Morgan fingerprint density at radius 2 is 1.96 bits per heavy atom. The highest BCUT2D eigenvalue weighted by molar-refractivity contribution is 7.87. The smallest absolute Gasteiger partial charge is 0.344 e. The van der Waals surface area contributed by atoms with Crippen LogP contribution in [0.4, 0.5) is 0 Å². The maximum atomic E-state index is 12.5. The molecular weight excluding hydrogens is 346 g/mol. The van der Waals surface area contributed by atoms with E-state index >= 15 is 0 Å². The third kappa shape index (κ3) is 3.30. The first-order chi connectivity index (χ1) is 11.8. The Balaban J connectivity index is 2.04. The minimum Gasteiger partial charge on any atom is -0.423 e. The summed E-state index contributed by atoms with van der Waals surface area (Å²) in [7, 11) is -4.11. The number of aromatic nitrogens is 1. The topological polar surface area (TPSA) is 99.6 Å². The predicted molar refractivity (Wildman–Crippen MR) is 90.3 cm³/mol. The van der Waals surface area contributed by atoms with E-state index in [0.717, 1.165) is 23.8 Å². The minimum absolute atomic E-state index is 0.0456. The van der Waals surface area contributed by atoms with Gasteiger partial charge in [-0.1, -0.05) is 18.5 Å². The van der Waals surface area contributed by atoms with Crippen LogP contribution in [-0.4, -0.2) is 13.6 Å². The van der Waals surface area contributed by atoms with Gasteiger partial charge in [0.1, 0.15) is 17.0 Å². The molecule has 0 aliphatic rings. The molecule has 8 heteroatoms. The molecule has 3 rings (SSSR count). The van der Waals surface area contributed by atoms with Crippen LogP contribution in [-0.2, 0) is 16.5 Å². The molecular formula is C17H17NO6S. The molecule has 0 unspecified atom stereocenters. The molecule has 0 saturated heterocycles. The lowest BCUT2D eigenvalue weighted by Crippen LogP contribution is -2.11. The summed E-state index contributed by atoms with van der Waals surface area (Å²) in [6.07, 6.45) is 1.59. The molecule has 0 N–H and O–H groups in total. The van der Waals surface area contributed by atoms with Gasteiger partial charge in [-0.3, -0.25) is 0 Å². The lowest BCUT2D eigenvalue weighted by Gasteiger charge is -2.08. The van der Waals surface area contributed by atoms with Crippen molar-refractivity contribution in [2.24, 2.45) is 0 Å². The van der Waals surface area contributed by atoms with Gasteiger partial charge >= 0.3 is 15.7 Å². The van der Waals surface area contributed by atoms with Crippen LogP contribution in [0.25, 0.3) is 11.0 Å². The molecule has 7 nitrogen and oxygen atoms in total. The van der Waals surface area contributed by atoms with Gasteiger partial charge in [0.15, 0.2) is 10.7 Å². The van der Waals surface area contributed by atoms with E-state index in [4.69, 9.17) is 13.1 Å². The Hall–Kier alpha value is -2.61. The molecule has 1 aromatic carbocycles. The summed E-state index contributed by atoms with van der Waals surface area (Å²) in [5.74, 6) is 0.194. The second-order valence-corrected chi connectivity index (χ2v) is 7.17. The third-order valence-corrected chi connectivity index (χ3v) is 5.24. The van der Waals surface area contributed by atoms with Gasteiger partial charge in [0.25, 0.3) is 0 Å². The highest BCUT2D eigenvalue weighted by Gasteiger charge is 2.26. The molecule has 0 fully saturated rings. The summed E-state index contributed by atoms with van der Waals surface area (Å²) in [5, 5.41) is 4.38. The maximum absolute atomic E-state index is 12.5. The van der Waals surface area contributed by atoms with Crippen molar-refractivity contribution < 1.29 is 21.5 Å². The van der Waals surface area contributed by atoms with Gasteiger partial charge in [-0.25, -0.2) is 4.79 Å². The van der Waals surface area contributed by atoms with E-state index < -0.39 is 15.7 Å². The van der Waals surface area contributed by atoms with Crippen molar-refractivity contribution in [2.45, 2.75) is 38.5 Å². The first kappa shape index (κ1) is 17.2. The van der Waals surface area contributed by atoms with E-state index in [2.05, 4.69) is 5.16 Å². The van der Waals surface area contributed by atoms with E-state index in [-0.39, 0.29) is 27.7 Å². The van der Waals surface area contributed by atoms with Crippen molar-refractivity contribution in [3.05, 3.63) is 51.7 Å². The summed E-state index contributed by atoms with van der Waals surface area (Å²) in [6.45, 7) is 5.02. The molecule has 0 aliphatic heterocycles. The monoisotopic (exact) mass is 363 g/mol. The summed E-state index contributed by atoms with van der Waals surface area (Å²) in [4.78, 5) is 11.6. The number of nitrogens with zero attached hydrogens (tertiary/aromatic N) is 1. The average molecular weight is 363 g/mol. The second kappa shape index (κ2) is 6.36. The van der Waals surface area contributed by atoms with Crippen LogP contribution in [0.2, 0.25) is 0 Å². The normalized spacial score (nSPS) is 11.8. The number of rotatable bonds is 5. The number of fused-ring (bicyclic) bond motifs is 1. The minimum atomic E-state index is -4.11. The molecule has 25 heavy (non-hydrogen) atoms. The highest BCUT2D eigenvalue weighted by atomic mass is 32.2. The number of hydrogen-bond donors (Lipinski definition) is 0. The number of aryl methyl sites for hydroxylation is 3. The van der Waals surface area contributed by atoms with Crippen molar-refractivity contribution in [3.8, 4) is 5.75 Å². The van der Waals surface area contributed by atoms with Crippen LogP contribution >= 0.6 is 0 Å². The summed E-state index contributed by atoms with van der Waals surface area (Å²) < 4.78 is 40.1. The van der Waals surface area contributed by atoms with E-state index in [1.165, 1.54) is 32.0 Å². The van der Waals surface area contributed by atoms with Gasteiger partial charge in [0.2, 0.25) is 0 Å². The zero-order valence-corrected chi connectivity index (χ0v) is 14.8. The van der Waals surface area contributed by atoms with Crippen molar-refractivity contribution in [2.75, 3.05) is 0 Å². The lowest BCUT2D eigenvalue weighted by molar-refractivity contribution is 0.390. The second-order valence-electron chi connectivity index (χ2n) is 5.69. The fourth-order valence-corrected chi connectivity index (χ4v) is 3.97. The van der Waals surface area contributed by atoms with Gasteiger partial charge in [0, 0.05) is 17.5 Å². The molecule has 0 atom stereocenters. The molecule has 132 valence electrons. The van der Waals surface area contributed by atoms with Gasteiger partial charge < -0.3 is 13.1 Å². The maximum Gasteiger partial charge on any atom is 0.344 e. The highest BCUT2D eigenvalue weighted by Crippen LogP contribution is 2.27. The van der Waals surface area contributed by atoms with Gasteiger partial charge in [-0.2, -0.15) is 8.42 Å². The fraction of sp³-hybridized carbons (Fsp3) is 0.294. The van der Waals surface area contributed by atoms with Crippen LogP contribution in [0.3, 0.4) is 0 Å². The number of benzene rings is 1. The lowest BCUT2D eigenvalue weighted by atomic mass is 10.1. The quantitative estimate of drug-likeness (QED) is 0.507. The Bertz CT molecular complexity index is 1070. The largest absolute Gasteiger partial charge is 0.423 e. The van der Waals surface area contributed by atoms with Crippen molar-refractivity contribution in [1.29, 1.82) is 0 Å². The van der Waals surface area contributed by atoms with E-state index in [9.17, 15) is 13.2 Å². The summed E-state index contributed by atoms with van der Waals surface area (Å²) >= 11 is 0. The average Bonchev–Trinajstić information content (AvgIpc) is 2.86. The van der Waals surface area contributed by atoms with Crippen LogP contribution in [0, 0.1) is 13.8 Å². The fourth-order valence-electron chi connectivity index (χ4n) is 2.74. The van der Waals surface area contributed by atoms with Crippen LogP contribution in [0.15, 0.2) is 42.9 Å². The summed E-state index contributed by atoms with van der Waals surface area (Å²) in [5.41, 5.74) is 0.869. The van der Waals surface area contributed by atoms with E-state index in [1.54, 1.807) is 6.07 Å².